The first-order valence-electron chi connectivity index (χ1n) is 10.9. The number of hydrogen-bond donors (Lipinski definition) is 2. The van der Waals surface area contributed by atoms with E-state index in [1.807, 2.05) is 12.1 Å². The van der Waals surface area contributed by atoms with Crippen molar-refractivity contribution < 1.29 is 19.0 Å². The van der Waals surface area contributed by atoms with Gasteiger partial charge in [-0.25, -0.2) is 4.39 Å². The zero-order valence-corrected chi connectivity index (χ0v) is 17.3. The summed E-state index contributed by atoms with van der Waals surface area (Å²) >= 11 is 0. The van der Waals surface area contributed by atoms with E-state index >= 15 is 0 Å². The van der Waals surface area contributed by atoms with E-state index in [0.717, 1.165) is 63.7 Å². The number of benzene rings is 1. The maximum Gasteiger partial charge on any atom is 0.310 e. The van der Waals surface area contributed by atoms with Crippen molar-refractivity contribution in [1.29, 1.82) is 0 Å². The van der Waals surface area contributed by atoms with Gasteiger partial charge in [0.2, 0.25) is 0 Å². The topological polar surface area (TPSA) is 61.8 Å². The number of carbonyl (C=O) groups is 1. The van der Waals surface area contributed by atoms with Crippen molar-refractivity contribution in [3.8, 4) is 0 Å². The van der Waals surface area contributed by atoms with Crippen LogP contribution in [0.5, 0.6) is 0 Å². The van der Waals surface area contributed by atoms with Gasteiger partial charge in [0.05, 0.1) is 12.0 Å². The first-order valence-corrected chi connectivity index (χ1v) is 10.9. The molecule has 1 heterocycles. The monoisotopic (exact) mass is 404 g/mol. The van der Waals surface area contributed by atoms with Gasteiger partial charge in [-0.2, -0.15) is 0 Å². The van der Waals surface area contributed by atoms with Crippen LogP contribution in [0.25, 0.3) is 0 Å². The molecule has 3 fully saturated rings. The Bertz CT molecular complexity index is 729. The Labute approximate surface area is 172 Å². The van der Waals surface area contributed by atoms with Crippen molar-refractivity contribution in [1.82, 2.24) is 10.2 Å². The summed E-state index contributed by atoms with van der Waals surface area (Å²) in [4.78, 5) is 14.0. The summed E-state index contributed by atoms with van der Waals surface area (Å²) in [5, 5.41) is 13.3. The van der Waals surface area contributed by atoms with E-state index < -0.39 is 11.4 Å². The van der Waals surface area contributed by atoms with Gasteiger partial charge in [0.25, 0.3) is 0 Å². The fraction of sp³-hybridized carbons (Fsp3) is 0.696. The molecule has 1 aromatic rings. The fourth-order valence-corrected chi connectivity index (χ4v) is 5.22. The number of carboxylic acid groups (broad SMARTS) is 1. The number of nitrogens with zero attached hydrogens (tertiary/aromatic N) is 1. The molecule has 0 amide bonds. The molecule has 0 aromatic heterocycles. The van der Waals surface area contributed by atoms with Crippen molar-refractivity contribution in [2.75, 3.05) is 39.9 Å². The van der Waals surface area contributed by atoms with Crippen LogP contribution in [0.2, 0.25) is 0 Å². The number of hydrogen-bond acceptors (Lipinski definition) is 4. The number of rotatable bonds is 9. The Morgan fingerprint density at radius 3 is 2.59 bits per heavy atom. The molecule has 0 bridgehead atoms. The van der Waals surface area contributed by atoms with Crippen LogP contribution in [-0.4, -0.2) is 61.9 Å². The third kappa shape index (κ3) is 4.35. The van der Waals surface area contributed by atoms with E-state index in [1.54, 1.807) is 19.2 Å². The van der Waals surface area contributed by atoms with Crippen LogP contribution < -0.4 is 5.32 Å². The predicted octanol–water partition coefficient (Wildman–Crippen LogP) is 3.25. The quantitative estimate of drug-likeness (QED) is 0.662. The molecule has 0 spiro atoms. The molecule has 3 aliphatic rings. The number of methoxy groups -OCH3 is 1. The first kappa shape index (κ1) is 20.8. The molecule has 1 saturated heterocycles. The molecule has 160 valence electrons. The van der Waals surface area contributed by atoms with Gasteiger partial charge in [-0.1, -0.05) is 24.6 Å². The Morgan fingerprint density at radius 1 is 1.28 bits per heavy atom. The van der Waals surface area contributed by atoms with Crippen LogP contribution in [0, 0.1) is 16.6 Å². The lowest BCUT2D eigenvalue weighted by Crippen LogP contribution is -2.53. The van der Waals surface area contributed by atoms with E-state index in [0.29, 0.717) is 19.2 Å². The minimum absolute atomic E-state index is 0.0730. The largest absolute Gasteiger partial charge is 0.481 e. The normalized spacial score (nSPS) is 27.9. The molecule has 5 nitrogen and oxygen atoms in total. The summed E-state index contributed by atoms with van der Waals surface area (Å²) in [7, 11) is 1.75. The molecule has 2 atom stereocenters. The number of ether oxygens (including phenoxy) is 1. The molecule has 29 heavy (non-hydrogen) atoms. The van der Waals surface area contributed by atoms with Gasteiger partial charge in [0, 0.05) is 37.6 Å². The molecule has 2 N–H and O–H groups in total. The van der Waals surface area contributed by atoms with Crippen LogP contribution in [0.4, 0.5) is 4.39 Å². The average Bonchev–Trinajstić information content (AvgIpc) is 3.44. The Balaban J connectivity index is 1.29. The van der Waals surface area contributed by atoms with E-state index in [1.165, 1.54) is 0 Å². The SMILES string of the molecule is COCC1(CN[C@@H]2C[C@H]2c2ccccc2F)CCN(CC2(C(=O)O)CCC2)CC1. The Hall–Kier alpha value is -1.50. The van der Waals surface area contributed by atoms with Crippen LogP contribution in [0.15, 0.2) is 24.3 Å². The standard InChI is InChI=1S/C23H33FN2O3/c1-29-16-22(14-25-20-13-18(20)17-5-2-3-6-19(17)24)9-11-26(12-10-22)15-23(21(27)28)7-4-8-23/h2-3,5-6,18,20,25H,4,7-16H2,1H3,(H,27,28)/t18-,20+/m0/s1. The highest BCUT2D eigenvalue weighted by atomic mass is 19.1. The average molecular weight is 405 g/mol. The first-order chi connectivity index (χ1) is 14.0. The highest BCUT2D eigenvalue weighted by Gasteiger charge is 2.47. The number of halogens is 1. The molecule has 0 radical (unpaired) electrons. The van der Waals surface area contributed by atoms with Gasteiger partial charge in [0.15, 0.2) is 0 Å². The highest BCUT2D eigenvalue weighted by Crippen LogP contribution is 2.44. The van der Waals surface area contributed by atoms with E-state index in [4.69, 9.17) is 4.74 Å². The summed E-state index contributed by atoms with van der Waals surface area (Å²) in [6, 6.07) is 7.41. The van der Waals surface area contributed by atoms with Gasteiger partial charge >= 0.3 is 5.97 Å². The number of nitrogens with one attached hydrogen (secondary N) is 1. The summed E-state index contributed by atoms with van der Waals surface area (Å²) in [5.74, 6) is -0.470. The lowest BCUT2D eigenvalue weighted by atomic mass is 9.68. The van der Waals surface area contributed by atoms with E-state index in [2.05, 4.69) is 10.2 Å². The zero-order valence-electron chi connectivity index (χ0n) is 17.3. The second-order valence-corrected chi connectivity index (χ2v) is 9.50. The van der Waals surface area contributed by atoms with E-state index in [-0.39, 0.29) is 17.2 Å². The molecule has 4 rings (SSSR count). The molecule has 2 saturated carbocycles. The summed E-state index contributed by atoms with van der Waals surface area (Å²) in [6.07, 6.45) is 5.63. The minimum Gasteiger partial charge on any atom is -0.481 e. The van der Waals surface area contributed by atoms with Crippen LogP contribution >= 0.6 is 0 Å². The molecule has 1 aliphatic heterocycles. The van der Waals surface area contributed by atoms with Crippen molar-refractivity contribution in [3.05, 3.63) is 35.6 Å². The lowest BCUT2D eigenvalue weighted by molar-refractivity contribution is -0.157. The van der Waals surface area contributed by atoms with E-state index in [9.17, 15) is 14.3 Å². The molecule has 2 aliphatic carbocycles. The van der Waals surface area contributed by atoms with Gasteiger partial charge < -0.3 is 20.1 Å². The molecular formula is C23H33FN2O3. The zero-order chi connectivity index (χ0) is 20.5. The maximum absolute atomic E-state index is 14.0. The van der Waals surface area contributed by atoms with Crippen LogP contribution in [0.3, 0.4) is 0 Å². The van der Waals surface area contributed by atoms with Crippen molar-refractivity contribution >= 4 is 5.97 Å². The summed E-state index contributed by atoms with van der Waals surface area (Å²) in [6.45, 7) is 4.09. The van der Waals surface area contributed by atoms with Gasteiger partial charge in [-0.05, 0) is 56.8 Å². The predicted molar refractivity (Wildman–Crippen MR) is 109 cm³/mol. The van der Waals surface area contributed by atoms with Gasteiger partial charge in [0.1, 0.15) is 5.82 Å². The fourth-order valence-electron chi connectivity index (χ4n) is 5.22. The minimum atomic E-state index is -0.632. The summed E-state index contributed by atoms with van der Waals surface area (Å²) in [5.41, 5.74) is 0.379. The lowest BCUT2D eigenvalue weighted by Gasteiger charge is -2.46. The number of piperidine rings is 1. The number of carboxylic acids is 1. The third-order valence-electron chi connectivity index (χ3n) is 7.49. The Morgan fingerprint density at radius 2 is 2.00 bits per heavy atom. The van der Waals surface area contributed by atoms with Crippen molar-refractivity contribution in [2.24, 2.45) is 10.8 Å². The van der Waals surface area contributed by atoms with Crippen molar-refractivity contribution in [3.63, 3.8) is 0 Å². The molecule has 1 aromatic carbocycles. The number of aliphatic carboxylic acids is 1. The van der Waals surface area contributed by atoms with Gasteiger partial charge in [-0.15, -0.1) is 0 Å². The summed E-state index contributed by atoms with van der Waals surface area (Å²) < 4.78 is 19.6. The molecule has 0 unspecified atom stereocenters. The van der Waals surface area contributed by atoms with Gasteiger partial charge in [-0.3, -0.25) is 4.79 Å². The molecule has 6 heteroatoms. The Kier molecular flexibility index (Phi) is 5.96. The van der Waals surface area contributed by atoms with Crippen LogP contribution in [-0.2, 0) is 9.53 Å². The third-order valence-corrected chi connectivity index (χ3v) is 7.49. The second-order valence-electron chi connectivity index (χ2n) is 9.50. The molecular weight excluding hydrogens is 371 g/mol. The van der Waals surface area contributed by atoms with Crippen LogP contribution in [0.1, 0.15) is 50.0 Å². The highest BCUT2D eigenvalue weighted by molar-refractivity contribution is 5.76. The van der Waals surface area contributed by atoms with Crippen molar-refractivity contribution in [2.45, 2.75) is 50.5 Å². The second kappa shape index (κ2) is 8.32. The maximum atomic E-state index is 14.0. The number of likely N-dealkylation sites (tertiary alicyclic amines) is 1. The smallest absolute Gasteiger partial charge is 0.310 e.